The van der Waals surface area contributed by atoms with E-state index in [4.69, 9.17) is 23.7 Å². The first kappa shape index (κ1) is 22.3. The Kier molecular flexibility index (Phi) is 7.68. The van der Waals surface area contributed by atoms with Crippen molar-refractivity contribution in [1.29, 1.82) is 0 Å². The molecule has 0 unspecified atom stereocenters. The van der Waals surface area contributed by atoms with Gasteiger partial charge in [-0.3, -0.25) is 14.4 Å². The van der Waals surface area contributed by atoms with E-state index in [1.807, 2.05) is 0 Å². The Balaban J connectivity index is 2.30. The highest BCUT2D eigenvalue weighted by Crippen LogP contribution is 2.28. The fourth-order valence-electron chi connectivity index (χ4n) is 2.78. The smallest absolute Gasteiger partial charge is 0.338 e. The van der Waals surface area contributed by atoms with Crippen molar-refractivity contribution in [3.8, 4) is 0 Å². The van der Waals surface area contributed by atoms with Gasteiger partial charge in [0.1, 0.15) is 12.7 Å². The van der Waals surface area contributed by atoms with Gasteiger partial charge in [-0.05, 0) is 12.1 Å². The quantitative estimate of drug-likeness (QED) is 0.517. The Labute approximate surface area is 166 Å². The van der Waals surface area contributed by atoms with Gasteiger partial charge in [0.2, 0.25) is 0 Å². The Morgan fingerprint density at radius 3 is 2.00 bits per heavy atom. The summed E-state index contributed by atoms with van der Waals surface area (Å²) in [7, 11) is 0. The zero-order valence-electron chi connectivity index (χ0n) is 16.1. The molecule has 0 radical (unpaired) electrons. The third kappa shape index (κ3) is 6.26. The summed E-state index contributed by atoms with van der Waals surface area (Å²) < 4.78 is 25.9. The maximum absolute atomic E-state index is 12.4. The van der Waals surface area contributed by atoms with Gasteiger partial charge in [-0.1, -0.05) is 18.2 Å². The molecule has 1 aliphatic rings. The predicted octanol–water partition coefficient (Wildman–Crippen LogP) is 0.356. The van der Waals surface area contributed by atoms with E-state index in [-0.39, 0.29) is 12.2 Å². The van der Waals surface area contributed by atoms with Gasteiger partial charge in [0.25, 0.3) is 0 Å². The Hall–Kier alpha value is -2.98. The molecule has 0 spiro atoms. The van der Waals surface area contributed by atoms with Gasteiger partial charge >= 0.3 is 23.9 Å². The van der Waals surface area contributed by atoms with Gasteiger partial charge in [0, 0.05) is 20.8 Å². The average Bonchev–Trinajstić information content (AvgIpc) is 2.65. The molecule has 1 saturated heterocycles. The van der Waals surface area contributed by atoms with Crippen molar-refractivity contribution in [3.05, 3.63) is 35.9 Å². The first-order valence-electron chi connectivity index (χ1n) is 8.76. The Morgan fingerprint density at radius 2 is 1.45 bits per heavy atom. The number of esters is 4. The second kappa shape index (κ2) is 9.99. The molecule has 0 bridgehead atoms. The summed E-state index contributed by atoms with van der Waals surface area (Å²) in [6.45, 7) is 2.99. The maximum atomic E-state index is 12.4. The summed E-state index contributed by atoms with van der Waals surface area (Å²) in [6, 6.07) is 7.92. The minimum Gasteiger partial charge on any atom is -0.463 e. The second-order valence-electron chi connectivity index (χ2n) is 6.25. The van der Waals surface area contributed by atoms with Crippen LogP contribution in [0.2, 0.25) is 0 Å². The zero-order valence-corrected chi connectivity index (χ0v) is 16.1. The van der Waals surface area contributed by atoms with Crippen molar-refractivity contribution in [1.82, 2.24) is 0 Å². The Morgan fingerprint density at radius 1 is 0.862 bits per heavy atom. The third-order valence-electron chi connectivity index (χ3n) is 3.92. The highest BCUT2D eigenvalue weighted by Gasteiger charge is 2.52. The van der Waals surface area contributed by atoms with Gasteiger partial charge in [0.15, 0.2) is 24.6 Å². The lowest BCUT2D eigenvalue weighted by molar-refractivity contribution is -0.292. The predicted molar refractivity (Wildman–Crippen MR) is 94.3 cm³/mol. The lowest BCUT2D eigenvalue weighted by Gasteiger charge is -2.42. The topological polar surface area (TPSA) is 135 Å². The Bertz CT molecular complexity index is 747. The van der Waals surface area contributed by atoms with E-state index in [1.165, 1.54) is 12.1 Å². The van der Waals surface area contributed by atoms with Crippen molar-refractivity contribution < 1.29 is 48.0 Å². The number of hydrogen-bond donors (Lipinski definition) is 1. The van der Waals surface area contributed by atoms with Crippen LogP contribution in [0.5, 0.6) is 0 Å². The molecule has 1 heterocycles. The van der Waals surface area contributed by atoms with Crippen molar-refractivity contribution in [2.24, 2.45) is 0 Å². The van der Waals surface area contributed by atoms with Gasteiger partial charge in [0.05, 0.1) is 5.56 Å². The SMILES string of the molecule is CC(=O)OC[C@H]1O[C@@H](O)[C@H](OC(=O)c2ccccc2)[C@@H](OC(C)=O)[C@H]1OC(C)=O. The zero-order chi connectivity index (χ0) is 21.6. The van der Waals surface area contributed by atoms with Crippen LogP contribution < -0.4 is 0 Å². The number of aliphatic hydroxyl groups is 1. The molecule has 0 aliphatic carbocycles. The van der Waals surface area contributed by atoms with Crippen molar-refractivity contribution in [2.45, 2.75) is 51.5 Å². The molecule has 0 aromatic heterocycles. The number of benzene rings is 1. The minimum absolute atomic E-state index is 0.187. The van der Waals surface area contributed by atoms with Crippen LogP contribution in [0.4, 0.5) is 0 Å². The van der Waals surface area contributed by atoms with Crippen LogP contribution in [0.1, 0.15) is 31.1 Å². The first-order valence-corrected chi connectivity index (χ1v) is 8.76. The van der Waals surface area contributed by atoms with Crippen LogP contribution in [-0.2, 0) is 38.1 Å². The van der Waals surface area contributed by atoms with E-state index in [9.17, 15) is 24.3 Å². The number of aliphatic hydroxyl groups excluding tert-OH is 1. The van der Waals surface area contributed by atoms with Crippen molar-refractivity contribution >= 4 is 23.9 Å². The molecule has 1 aliphatic heterocycles. The van der Waals surface area contributed by atoms with E-state index in [0.717, 1.165) is 20.8 Å². The van der Waals surface area contributed by atoms with E-state index in [0.29, 0.717) is 0 Å². The van der Waals surface area contributed by atoms with Gasteiger partial charge in [-0.25, -0.2) is 4.79 Å². The van der Waals surface area contributed by atoms with Crippen LogP contribution >= 0.6 is 0 Å². The molecule has 0 saturated carbocycles. The van der Waals surface area contributed by atoms with E-state index in [2.05, 4.69) is 0 Å². The molecular weight excluding hydrogens is 388 g/mol. The lowest BCUT2D eigenvalue weighted by Crippen LogP contribution is -2.62. The molecule has 158 valence electrons. The van der Waals surface area contributed by atoms with Crippen LogP contribution in [-0.4, -0.2) is 66.3 Å². The lowest BCUT2D eigenvalue weighted by atomic mass is 9.98. The molecule has 1 fully saturated rings. The van der Waals surface area contributed by atoms with Crippen molar-refractivity contribution in [3.63, 3.8) is 0 Å². The maximum Gasteiger partial charge on any atom is 0.338 e. The summed E-state index contributed by atoms with van der Waals surface area (Å²) in [5.74, 6) is -2.96. The van der Waals surface area contributed by atoms with Gasteiger partial charge in [-0.15, -0.1) is 0 Å². The summed E-state index contributed by atoms with van der Waals surface area (Å²) in [4.78, 5) is 46.7. The molecule has 10 heteroatoms. The molecule has 0 amide bonds. The molecule has 29 heavy (non-hydrogen) atoms. The molecule has 1 N–H and O–H groups in total. The van der Waals surface area contributed by atoms with Gasteiger partial charge in [-0.2, -0.15) is 0 Å². The normalized spacial score (nSPS) is 26.1. The van der Waals surface area contributed by atoms with Crippen LogP contribution in [0.25, 0.3) is 0 Å². The van der Waals surface area contributed by atoms with Crippen LogP contribution in [0.15, 0.2) is 30.3 Å². The molecular formula is C19H22O10. The number of hydrogen-bond acceptors (Lipinski definition) is 10. The molecule has 5 atom stereocenters. The number of carbonyl (C=O) groups is 4. The van der Waals surface area contributed by atoms with E-state index < -0.39 is 54.6 Å². The summed E-state index contributed by atoms with van der Waals surface area (Å²) in [5.41, 5.74) is 0.187. The molecule has 1 aromatic rings. The van der Waals surface area contributed by atoms with E-state index in [1.54, 1.807) is 18.2 Å². The summed E-state index contributed by atoms with van der Waals surface area (Å²) in [6.07, 6.45) is -7.08. The first-order chi connectivity index (χ1) is 13.7. The largest absolute Gasteiger partial charge is 0.463 e. The average molecular weight is 410 g/mol. The molecule has 10 nitrogen and oxygen atoms in total. The molecule has 2 rings (SSSR count). The summed E-state index contributed by atoms with van der Waals surface area (Å²) >= 11 is 0. The minimum atomic E-state index is -1.74. The highest BCUT2D eigenvalue weighted by molar-refractivity contribution is 5.89. The summed E-state index contributed by atoms with van der Waals surface area (Å²) in [5, 5.41) is 10.4. The van der Waals surface area contributed by atoms with Crippen LogP contribution in [0.3, 0.4) is 0 Å². The number of carbonyl (C=O) groups excluding carboxylic acids is 4. The van der Waals surface area contributed by atoms with Gasteiger partial charge < -0.3 is 28.8 Å². The number of ether oxygens (including phenoxy) is 5. The fourth-order valence-corrected chi connectivity index (χ4v) is 2.78. The monoisotopic (exact) mass is 410 g/mol. The van der Waals surface area contributed by atoms with Crippen molar-refractivity contribution in [2.75, 3.05) is 6.61 Å². The fraction of sp³-hybridized carbons (Fsp3) is 0.474. The number of rotatable bonds is 6. The van der Waals surface area contributed by atoms with E-state index >= 15 is 0 Å². The third-order valence-corrected chi connectivity index (χ3v) is 3.92. The molecule has 1 aromatic carbocycles. The second-order valence-corrected chi connectivity index (χ2v) is 6.25. The highest BCUT2D eigenvalue weighted by atomic mass is 16.7. The standard InChI is InChI=1S/C19H22O10/c1-10(20)25-9-14-15(26-11(2)21)16(27-12(3)22)17(19(24)28-14)29-18(23)13-7-5-4-6-8-13/h4-8,14-17,19,24H,9H2,1-3H3/t14-,15+,16+,17-,19-/m1/s1. The van der Waals surface area contributed by atoms with Crippen LogP contribution in [0, 0.1) is 0 Å².